The van der Waals surface area contributed by atoms with Gasteiger partial charge in [-0.25, -0.2) is 13.1 Å². The van der Waals surface area contributed by atoms with Crippen LogP contribution in [-0.2, 0) is 16.4 Å². The van der Waals surface area contributed by atoms with Crippen molar-refractivity contribution in [1.82, 2.24) is 19.8 Å². The first-order valence-corrected chi connectivity index (χ1v) is 11.5. The molecule has 1 aliphatic rings. The van der Waals surface area contributed by atoms with Gasteiger partial charge in [-0.3, -0.25) is 5.10 Å². The number of sulfonamides is 1. The van der Waals surface area contributed by atoms with Crippen molar-refractivity contribution in [3.63, 3.8) is 0 Å². The molecular weight excluding hydrogens is 455 g/mol. The zero-order valence-corrected chi connectivity index (χ0v) is 20.0. The fourth-order valence-electron chi connectivity index (χ4n) is 3.86. The zero-order chi connectivity index (χ0) is 20.4. The molecule has 1 aromatic heterocycles. The van der Waals surface area contributed by atoms with Gasteiger partial charge in [0.2, 0.25) is 10.0 Å². The predicted octanol–water partition coefficient (Wildman–Crippen LogP) is 4.11. The molecule has 168 valence electrons. The fraction of sp³-hybridized carbons (Fsp3) is 0.318. The van der Waals surface area contributed by atoms with E-state index in [9.17, 15) is 8.42 Å². The van der Waals surface area contributed by atoms with Crippen LogP contribution in [0, 0.1) is 0 Å². The van der Waals surface area contributed by atoms with E-state index in [1.807, 2.05) is 24.3 Å². The monoisotopic (exact) mass is 482 g/mol. The molecule has 0 spiro atoms. The van der Waals surface area contributed by atoms with E-state index >= 15 is 0 Å². The van der Waals surface area contributed by atoms with Crippen molar-refractivity contribution < 1.29 is 8.42 Å². The Morgan fingerprint density at radius 2 is 1.71 bits per heavy atom. The minimum Gasteiger partial charge on any atom is -0.303 e. The van der Waals surface area contributed by atoms with Crippen molar-refractivity contribution in [3.8, 4) is 22.5 Å². The molecule has 0 bridgehead atoms. The molecule has 9 heteroatoms. The number of fused-ring (bicyclic) bond motifs is 3. The lowest BCUT2D eigenvalue weighted by atomic mass is 10.1. The summed E-state index contributed by atoms with van der Waals surface area (Å²) >= 11 is 0. The van der Waals surface area contributed by atoms with E-state index in [1.54, 1.807) is 12.1 Å². The summed E-state index contributed by atoms with van der Waals surface area (Å²) in [5.74, 6) is 0. The highest BCUT2D eigenvalue weighted by atomic mass is 35.5. The Kier molecular flexibility index (Phi) is 8.68. The number of rotatable bonds is 8. The van der Waals surface area contributed by atoms with Crippen LogP contribution < -0.4 is 4.72 Å². The highest BCUT2D eigenvalue weighted by Crippen LogP contribution is 2.39. The maximum atomic E-state index is 12.6. The molecule has 0 saturated carbocycles. The topological polar surface area (TPSA) is 78.1 Å². The van der Waals surface area contributed by atoms with E-state index in [-0.39, 0.29) is 29.7 Å². The van der Waals surface area contributed by atoms with Crippen molar-refractivity contribution >= 4 is 34.8 Å². The lowest BCUT2D eigenvalue weighted by Gasteiger charge is -2.18. The second kappa shape index (κ2) is 10.6. The highest BCUT2D eigenvalue weighted by molar-refractivity contribution is 7.89. The number of H-pyrrole nitrogens is 1. The Morgan fingerprint density at radius 3 is 2.39 bits per heavy atom. The van der Waals surface area contributed by atoms with Gasteiger partial charge in [0.05, 0.1) is 16.3 Å². The van der Waals surface area contributed by atoms with Crippen LogP contribution in [-0.4, -0.2) is 49.7 Å². The van der Waals surface area contributed by atoms with Gasteiger partial charge in [0.1, 0.15) is 0 Å². The number of hydrogen-bond acceptors (Lipinski definition) is 4. The van der Waals surface area contributed by atoms with E-state index in [0.717, 1.165) is 36.5 Å². The van der Waals surface area contributed by atoms with Gasteiger partial charge < -0.3 is 4.90 Å². The lowest BCUT2D eigenvalue weighted by molar-refractivity contribution is 0.309. The number of hydrogen-bond donors (Lipinski definition) is 2. The summed E-state index contributed by atoms with van der Waals surface area (Å²) in [4.78, 5) is 2.46. The number of likely N-dealkylation sites (N-methyl/N-ethyl adjacent to an activating group) is 1. The number of aromatic amines is 1. The van der Waals surface area contributed by atoms with Gasteiger partial charge in [0.15, 0.2) is 0 Å². The average Bonchev–Trinajstić information content (AvgIpc) is 3.30. The number of halogens is 2. The Balaban J connectivity index is 0.00000171. The average molecular weight is 483 g/mol. The predicted molar refractivity (Wildman–Crippen MR) is 130 cm³/mol. The van der Waals surface area contributed by atoms with Crippen molar-refractivity contribution in [2.24, 2.45) is 0 Å². The molecule has 4 rings (SSSR count). The standard InChI is InChI=1S/C22H26N4O2S.2ClH/c1-3-26(4-2)14-13-23-29(27,28)18-11-9-16(10-12-18)21-20-15-17-7-5-6-8-19(17)22(20)25-24-21;;/h5-12,23H,3-4,13-15H2,1-2H3,(H,24,25);2*1H. The SMILES string of the molecule is CCN(CC)CCNS(=O)(=O)c1ccc(-c2n[nH]c3c2Cc2ccccc2-3)cc1.Cl.Cl. The van der Waals surface area contributed by atoms with Gasteiger partial charge in [0, 0.05) is 36.2 Å². The summed E-state index contributed by atoms with van der Waals surface area (Å²) in [7, 11) is -3.52. The summed E-state index contributed by atoms with van der Waals surface area (Å²) in [5.41, 5.74) is 6.50. The summed E-state index contributed by atoms with van der Waals surface area (Å²) in [5, 5.41) is 7.64. The second-order valence-corrected chi connectivity index (χ2v) is 8.98. The van der Waals surface area contributed by atoms with E-state index in [4.69, 9.17) is 0 Å². The van der Waals surface area contributed by atoms with Crippen LogP contribution in [0.3, 0.4) is 0 Å². The molecule has 6 nitrogen and oxygen atoms in total. The van der Waals surface area contributed by atoms with Crippen molar-refractivity contribution in [2.45, 2.75) is 25.2 Å². The number of nitrogens with one attached hydrogen (secondary N) is 2. The largest absolute Gasteiger partial charge is 0.303 e. The molecule has 0 fully saturated rings. The maximum Gasteiger partial charge on any atom is 0.240 e. The van der Waals surface area contributed by atoms with Gasteiger partial charge in [0.25, 0.3) is 0 Å². The molecule has 0 unspecified atom stereocenters. The van der Waals surface area contributed by atoms with Gasteiger partial charge >= 0.3 is 0 Å². The Hall–Kier alpha value is -1.90. The van der Waals surface area contributed by atoms with Gasteiger partial charge in [-0.1, -0.05) is 50.2 Å². The minimum atomic E-state index is -3.52. The first-order valence-electron chi connectivity index (χ1n) is 10.0. The molecule has 0 radical (unpaired) electrons. The molecular formula is C22H28Cl2N4O2S. The Bertz CT molecular complexity index is 1110. The molecule has 2 aromatic carbocycles. The zero-order valence-electron chi connectivity index (χ0n) is 17.6. The van der Waals surface area contributed by atoms with Crippen LogP contribution in [0.2, 0.25) is 0 Å². The molecule has 2 N–H and O–H groups in total. The molecule has 0 amide bonds. The van der Waals surface area contributed by atoms with Crippen LogP contribution in [0.15, 0.2) is 53.4 Å². The summed E-state index contributed by atoms with van der Waals surface area (Å²) in [6.45, 7) is 7.05. The first-order chi connectivity index (χ1) is 14.0. The van der Waals surface area contributed by atoms with E-state index < -0.39 is 10.0 Å². The van der Waals surface area contributed by atoms with Crippen molar-refractivity contribution in [2.75, 3.05) is 26.2 Å². The van der Waals surface area contributed by atoms with Gasteiger partial charge in [-0.05, 0) is 30.8 Å². The highest BCUT2D eigenvalue weighted by Gasteiger charge is 2.24. The van der Waals surface area contributed by atoms with Crippen molar-refractivity contribution in [3.05, 3.63) is 59.7 Å². The Morgan fingerprint density at radius 1 is 1.03 bits per heavy atom. The molecule has 0 aliphatic heterocycles. The lowest BCUT2D eigenvalue weighted by Crippen LogP contribution is -2.34. The number of benzene rings is 2. The van der Waals surface area contributed by atoms with Crippen LogP contribution >= 0.6 is 24.8 Å². The van der Waals surface area contributed by atoms with Gasteiger partial charge in [-0.2, -0.15) is 5.10 Å². The minimum absolute atomic E-state index is 0. The molecule has 1 aliphatic carbocycles. The maximum absolute atomic E-state index is 12.6. The third-order valence-corrected chi connectivity index (χ3v) is 7.05. The smallest absolute Gasteiger partial charge is 0.240 e. The third-order valence-electron chi connectivity index (χ3n) is 5.57. The van der Waals surface area contributed by atoms with E-state index in [2.05, 4.69) is 45.8 Å². The molecule has 31 heavy (non-hydrogen) atoms. The summed E-state index contributed by atoms with van der Waals surface area (Å²) in [6, 6.07) is 15.3. The van der Waals surface area contributed by atoms with Crippen LogP contribution in [0.1, 0.15) is 25.0 Å². The molecule has 0 atom stereocenters. The Labute approximate surface area is 196 Å². The second-order valence-electron chi connectivity index (χ2n) is 7.21. The number of aromatic nitrogens is 2. The normalized spacial score (nSPS) is 12.1. The molecule has 0 saturated heterocycles. The summed E-state index contributed by atoms with van der Waals surface area (Å²) < 4.78 is 27.8. The van der Waals surface area contributed by atoms with E-state index in [1.165, 1.54) is 16.7 Å². The quantitative estimate of drug-likeness (QED) is 0.396. The molecule has 3 aromatic rings. The fourth-order valence-corrected chi connectivity index (χ4v) is 4.88. The van der Waals surface area contributed by atoms with Crippen molar-refractivity contribution in [1.29, 1.82) is 0 Å². The number of nitrogens with zero attached hydrogens (tertiary/aromatic N) is 2. The van der Waals surface area contributed by atoms with E-state index in [0.29, 0.717) is 13.1 Å². The van der Waals surface area contributed by atoms with Crippen LogP contribution in [0.5, 0.6) is 0 Å². The summed E-state index contributed by atoms with van der Waals surface area (Å²) in [6.07, 6.45) is 0.838. The third kappa shape index (κ3) is 5.13. The van der Waals surface area contributed by atoms with Gasteiger partial charge in [-0.15, -0.1) is 24.8 Å². The first kappa shape index (κ1) is 25.4. The van der Waals surface area contributed by atoms with Crippen LogP contribution in [0.4, 0.5) is 0 Å². The van der Waals surface area contributed by atoms with Crippen LogP contribution in [0.25, 0.3) is 22.5 Å². The molecule has 1 heterocycles.